The SMILES string of the molecule is CC1(C)OB(c2cc(OCC(F)F)ncc2F)OC1(C)C. The Morgan fingerprint density at radius 1 is 1.24 bits per heavy atom. The van der Waals surface area contributed by atoms with Crippen LogP contribution in [-0.2, 0) is 9.31 Å². The topological polar surface area (TPSA) is 40.6 Å². The normalized spacial score (nSPS) is 20.1. The number of ether oxygens (including phenoxy) is 1. The molecule has 0 N–H and O–H groups in total. The molecule has 0 aliphatic carbocycles. The molecule has 0 radical (unpaired) electrons. The summed E-state index contributed by atoms with van der Waals surface area (Å²) in [6.45, 7) is 6.53. The van der Waals surface area contributed by atoms with Crippen LogP contribution in [0.5, 0.6) is 5.88 Å². The summed E-state index contributed by atoms with van der Waals surface area (Å²) in [5.41, 5.74) is -1.18. The molecule has 1 aliphatic rings. The van der Waals surface area contributed by atoms with Gasteiger partial charge >= 0.3 is 7.12 Å². The molecule has 0 bridgehead atoms. The number of pyridine rings is 1. The third kappa shape index (κ3) is 3.32. The fourth-order valence-corrected chi connectivity index (χ4v) is 1.81. The Hall–Kier alpha value is -1.28. The van der Waals surface area contributed by atoms with Crippen molar-refractivity contribution in [1.29, 1.82) is 0 Å². The quantitative estimate of drug-likeness (QED) is 0.799. The molecule has 2 rings (SSSR count). The first-order valence-electron chi connectivity index (χ1n) is 6.54. The average molecular weight is 303 g/mol. The number of hydrogen-bond acceptors (Lipinski definition) is 4. The monoisotopic (exact) mass is 303 g/mol. The molecule has 0 aromatic carbocycles. The lowest BCUT2D eigenvalue weighted by Gasteiger charge is -2.32. The van der Waals surface area contributed by atoms with Crippen LogP contribution in [0, 0.1) is 5.82 Å². The van der Waals surface area contributed by atoms with Gasteiger partial charge in [0.1, 0.15) is 5.82 Å². The van der Waals surface area contributed by atoms with Gasteiger partial charge in [0.2, 0.25) is 5.88 Å². The Morgan fingerprint density at radius 3 is 2.33 bits per heavy atom. The van der Waals surface area contributed by atoms with Crippen LogP contribution in [0.25, 0.3) is 0 Å². The van der Waals surface area contributed by atoms with Crippen molar-refractivity contribution in [1.82, 2.24) is 4.98 Å². The standard InChI is InChI=1S/C13H17BF3NO3/c1-12(2)13(3,4)21-14(20-12)8-5-11(18-6-9(8)15)19-7-10(16)17/h5-6,10H,7H2,1-4H3. The zero-order valence-electron chi connectivity index (χ0n) is 12.3. The van der Waals surface area contributed by atoms with Crippen LogP contribution >= 0.6 is 0 Å². The van der Waals surface area contributed by atoms with E-state index in [1.807, 2.05) is 27.7 Å². The molecule has 1 aliphatic heterocycles. The molecule has 1 fully saturated rings. The van der Waals surface area contributed by atoms with Gasteiger partial charge in [-0.25, -0.2) is 18.2 Å². The van der Waals surface area contributed by atoms with Crippen molar-refractivity contribution < 1.29 is 27.2 Å². The number of hydrogen-bond donors (Lipinski definition) is 0. The van der Waals surface area contributed by atoms with Crippen molar-refractivity contribution in [3.63, 3.8) is 0 Å². The maximum Gasteiger partial charge on any atom is 0.498 e. The van der Waals surface area contributed by atoms with Gasteiger partial charge in [-0.2, -0.15) is 0 Å². The Labute approximate surface area is 121 Å². The van der Waals surface area contributed by atoms with Gasteiger partial charge in [-0.1, -0.05) is 0 Å². The lowest BCUT2D eigenvalue weighted by molar-refractivity contribution is 0.00578. The van der Waals surface area contributed by atoms with Crippen LogP contribution in [0.2, 0.25) is 0 Å². The molecule has 0 unspecified atom stereocenters. The number of aromatic nitrogens is 1. The molecule has 116 valence electrons. The Kier molecular flexibility index (Phi) is 4.21. The van der Waals surface area contributed by atoms with Gasteiger partial charge in [0.15, 0.2) is 6.61 Å². The Morgan fingerprint density at radius 2 is 1.81 bits per heavy atom. The summed E-state index contributed by atoms with van der Waals surface area (Å²) in [5.74, 6) is -0.737. The van der Waals surface area contributed by atoms with Gasteiger partial charge in [0.25, 0.3) is 6.43 Å². The van der Waals surface area contributed by atoms with Gasteiger partial charge in [-0.3, -0.25) is 0 Å². The lowest BCUT2D eigenvalue weighted by atomic mass is 9.79. The van der Waals surface area contributed by atoms with Crippen LogP contribution in [0.4, 0.5) is 13.2 Å². The number of nitrogens with zero attached hydrogens (tertiary/aromatic N) is 1. The molecule has 0 saturated carbocycles. The molecule has 0 amide bonds. The van der Waals surface area contributed by atoms with Crippen LogP contribution in [0.15, 0.2) is 12.3 Å². The maximum absolute atomic E-state index is 13.9. The van der Waals surface area contributed by atoms with E-state index in [2.05, 4.69) is 4.98 Å². The fourth-order valence-electron chi connectivity index (χ4n) is 1.81. The third-order valence-electron chi connectivity index (χ3n) is 3.72. The average Bonchev–Trinajstić information content (AvgIpc) is 2.57. The summed E-state index contributed by atoms with van der Waals surface area (Å²) in [5, 5.41) is 0. The molecule has 2 heterocycles. The highest BCUT2D eigenvalue weighted by molar-refractivity contribution is 6.62. The molecule has 21 heavy (non-hydrogen) atoms. The van der Waals surface area contributed by atoms with Gasteiger partial charge in [0, 0.05) is 11.5 Å². The summed E-state index contributed by atoms with van der Waals surface area (Å²) < 4.78 is 54.4. The summed E-state index contributed by atoms with van der Waals surface area (Å²) in [6, 6.07) is 1.22. The van der Waals surface area contributed by atoms with Crippen molar-refractivity contribution in [2.45, 2.75) is 45.3 Å². The number of rotatable bonds is 4. The molecule has 0 spiro atoms. The molecule has 1 aromatic heterocycles. The van der Waals surface area contributed by atoms with Gasteiger partial charge in [-0.05, 0) is 27.7 Å². The van der Waals surface area contributed by atoms with Gasteiger partial charge in [0.05, 0.1) is 17.4 Å². The first kappa shape index (κ1) is 16.1. The predicted octanol–water partition coefficient (Wildman–Crippen LogP) is 2.16. The molecule has 0 atom stereocenters. The lowest BCUT2D eigenvalue weighted by Crippen LogP contribution is -2.41. The highest BCUT2D eigenvalue weighted by Gasteiger charge is 2.52. The minimum absolute atomic E-state index is 0.0768. The molecule has 4 nitrogen and oxygen atoms in total. The highest BCUT2D eigenvalue weighted by atomic mass is 19.3. The zero-order chi connectivity index (χ0) is 15.8. The van der Waals surface area contributed by atoms with Crippen molar-refractivity contribution in [3.8, 4) is 5.88 Å². The number of halogens is 3. The zero-order valence-corrected chi connectivity index (χ0v) is 12.3. The second-order valence-corrected chi connectivity index (χ2v) is 5.83. The molecular weight excluding hydrogens is 286 g/mol. The van der Waals surface area contributed by atoms with E-state index in [0.717, 1.165) is 6.20 Å². The Bertz CT molecular complexity index is 509. The van der Waals surface area contributed by atoms with E-state index in [1.165, 1.54) is 6.07 Å². The summed E-state index contributed by atoms with van der Waals surface area (Å²) in [4.78, 5) is 3.61. The van der Waals surface area contributed by atoms with E-state index in [4.69, 9.17) is 14.0 Å². The second-order valence-electron chi connectivity index (χ2n) is 5.83. The van der Waals surface area contributed by atoms with E-state index >= 15 is 0 Å². The Balaban J connectivity index is 2.22. The summed E-state index contributed by atoms with van der Waals surface area (Å²) in [7, 11) is -0.938. The van der Waals surface area contributed by atoms with E-state index in [-0.39, 0.29) is 11.3 Å². The van der Waals surface area contributed by atoms with Crippen LogP contribution < -0.4 is 10.2 Å². The predicted molar refractivity (Wildman–Crippen MR) is 71.4 cm³/mol. The smallest absolute Gasteiger partial charge is 0.472 e. The second kappa shape index (κ2) is 5.49. The van der Waals surface area contributed by atoms with Crippen molar-refractivity contribution >= 4 is 12.6 Å². The van der Waals surface area contributed by atoms with Gasteiger partial charge in [-0.15, -0.1) is 0 Å². The highest BCUT2D eigenvalue weighted by Crippen LogP contribution is 2.36. The van der Waals surface area contributed by atoms with Crippen LogP contribution in [0.1, 0.15) is 27.7 Å². The molecule has 8 heteroatoms. The maximum atomic E-state index is 13.9. The summed E-state index contributed by atoms with van der Waals surface area (Å²) >= 11 is 0. The van der Waals surface area contributed by atoms with Crippen molar-refractivity contribution in [2.75, 3.05) is 6.61 Å². The van der Waals surface area contributed by atoms with Crippen LogP contribution in [-0.4, -0.2) is 36.3 Å². The van der Waals surface area contributed by atoms with Crippen LogP contribution in [0.3, 0.4) is 0 Å². The van der Waals surface area contributed by atoms with Gasteiger partial charge < -0.3 is 14.0 Å². The number of alkyl halides is 2. The van der Waals surface area contributed by atoms with E-state index in [9.17, 15) is 13.2 Å². The fraction of sp³-hybridized carbons (Fsp3) is 0.615. The third-order valence-corrected chi connectivity index (χ3v) is 3.72. The first-order chi connectivity index (χ1) is 9.62. The van der Waals surface area contributed by atoms with Crippen molar-refractivity contribution in [2.24, 2.45) is 0 Å². The minimum atomic E-state index is -2.63. The van der Waals surface area contributed by atoms with Crippen molar-refractivity contribution in [3.05, 3.63) is 18.1 Å². The summed E-state index contributed by atoms with van der Waals surface area (Å²) in [6.07, 6.45) is -1.72. The largest absolute Gasteiger partial charge is 0.498 e. The van der Waals surface area contributed by atoms with E-state index < -0.39 is 37.2 Å². The first-order valence-corrected chi connectivity index (χ1v) is 6.54. The minimum Gasteiger partial charge on any atom is -0.472 e. The van der Waals surface area contributed by atoms with E-state index in [1.54, 1.807) is 0 Å². The molecule has 1 aromatic rings. The van der Waals surface area contributed by atoms with E-state index in [0.29, 0.717) is 0 Å². The molecule has 1 saturated heterocycles. The molecular formula is C13H17BF3NO3.